The molecule has 0 atom stereocenters. The van der Waals surface area contributed by atoms with E-state index in [1.807, 2.05) is 0 Å². The van der Waals surface area contributed by atoms with E-state index in [0.717, 1.165) is 0 Å². The number of unbranched alkanes of at least 4 members (excludes halogenated alkanes) is 3. The van der Waals surface area contributed by atoms with Crippen LogP contribution in [0.15, 0.2) is 12.1 Å². The summed E-state index contributed by atoms with van der Waals surface area (Å²) in [6, 6.07) is 4.99. The highest BCUT2D eigenvalue weighted by Crippen LogP contribution is 2.45. The third-order valence-electron chi connectivity index (χ3n) is 6.22. The summed E-state index contributed by atoms with van der Waals surface area (Å²) < 4.78 is 1.58. The molecular formula is C23H36S2. The molecule has 0 N–H and O–H groups in total. The Morgan fingerprint density at radius 1 is 0.800 bits per heavy atom. The molecule has 2 heterocycles. The SMILES string of the molecule is CCCCCc1cc2cc(CCC3(CCCC)CCCCC3)sc2s1. The van der Waals surface area contributed by atoms with Crippen molar-refractivity contribution in [2.75, 3.05) is 0 Å². The molecule has 1 aliphatic carbocycles. The van der Waals surface area contributed by atoms with E-state index in [0.29, 0.717) is 5.41 Å². The fraction of sp³-hybridized carbons (Fsp3) is 0.739. The molecule has 1 fully saturated rings. The highest BCUT2D eigenvalue weighted by atomic mass is 32.2. The van der Waals surface area contributed by atoms with Crippen molar-refractivity contribution in [1.82, 2.24) is 0 Å². The highest BCUT2D eigenvalue weighted by molar-refractivity contribution is 7.38. The van der Waals surface area contributed by atoms with Gasteiger partial charge in [-0.3, -0.25) is 0 Å². The van der Waals surface area contributed by atoms with Crippen LogP contribution in [-0.2, 0) is 12.8 Å². The smallest absolute Gasteiger partial charge is 0.0870 e. The van der Waals surface area contributed by atoms with Gasteiger partial charge in [0.25, 0.3) is 0 Å². The first-order chi connectivity index (χ1) is 12.2. The van der Waals surface area contributed by atoms with Crippen LogP contribution >= 0.6 is 22.7 Å². The van der Waals surface area contributed by atoms with E-state index in [1.54, 1.807) is 13.8 Å². The van der Waals surface area contributed by atoms with Gasteiger partial charge in [-0.25, -0.2) is 0 Å². The summed E-state index contributed by atoms with van der Waals surface area (Å²) in [6.07, 6.45) is 19.8. The van der Waals surface area contributed by atoms with Crippen molar-refractivity contribution in [2.45, 2.75) is 104 Å². The molecule has 0 spiro atoms. The average Bonchev–Trinajstić information content (AvgIpc) is 3.18. The number of hydrogen-bond acceptors (Lipinski definition) is 2. The van der Waals surface area contributed by atoms with Gasteiger partial charge in [-0.2, -0.15) is 0 Å². The molecular weight excluding hydrogens is 340 g/mol. The van der Waals surface area contributed by atoms with Gasteiger partial charge in [0, 0.05) is 15.1 Å². The summed E-state index contributed by atoms with van der Waals surface area (Å²) in [4.78, 5) is 3.25. The maximum absolute atomic E-state index is 2.51. The molecule has 0 unspecified atom stereocenters. The van der Waals surface area contributed by atoms with Crippen molar-refractivity contribution in [2.24, 2.45) is 5.41 Å². The van der Waals surface area contributed by atoms with Crippen LogP contribution in [0, 0.1) is 5.41 Å². The molecule has 2 heteroatoms. The lowest BCUT2D eigenvalue weighted by Gasteiger charge is -2.37. The molecule has 3 rings (SSSR count). The molecule has 0 radical (unpaired) electrons. The van der Waals surface area contributed by atoms with E-state index in [9.17, 15) is 0 Å². The maximum atomic E-state index is 2.51. The second kappa shape index (κ2) is 9.55. The minimum absolute atomic E-state index is 0.678. The molecule has 0 saturated heterocycles. The zero-order valence-electron chi connectivity index (χ0n) is 16.4. The highest BCUT2D eigenvalue weighted by Gasteiger charge is 2.31. The van der Waals surface area contributed by atoms with Crippen LogP contribution in [0.1, 0.15) is 101 Å². The summed E-state index contributed by atoms with van der Waals surface area (Å²) >= 11 is 4.15. The second-order valence-corrected chi connectivity index (χ2v) is 10.8. The molecule has 140 valence electrons. The molecule has 0 amide bonds. The van der Waals surface area contributed by atoms with Gasteiger partial charge in [-0.05, 0) is 62.5 Å². The van der Waals surface area contributed by atoms with Crippen molar-refractivity contribution < 1.29 is 0 Å². The lowest BCUT2D eigenvalue weighted by Crippen LogP contribution is -2.24. The van der Waals surface area contributed by atoms with Crippen molar-refractivity contribution in [3.63, 3.8) is 0 Å². The van der Waals surface area contributed by atoms with Crippen LogP contribution in [-0.4, -0.2) is 0 Å². The summed E-state index contributed by atoms with van der Waals surface area (Å²) in [5.41, 5.74) is 0.678. The Kier molecular flexibility index (Phi) is 7.42. The lowest BCUT2D eigenvalue weighted by molar-refractivity contribution is 0.153. The van der Waals surface area contributed by atoms with E-state index in [4.69, 9.17) is 0 Å². The Balaban J connectivity index is 1.58. The topological polar surface area (TPSA) is 0 Å². The third-order valence-corrected chi connectivity index (χ3v) is 8.73. The molecule has 0 aromatic carbocycles. The predicted octanol–water partition coefficient (Wildman–Crippen LogP) is 8.77. The summed E-state index contributed by atoms with van der Waals surface area (Å²) in [5.74, 6) is 0. The molecule has 0 nitrogen and oxygen atoms in total. The fourth-order valence-corrected chi connectivity index (χ4v) is 7.18. The molecule has 25 heavy (non-hydrogen) atoms. The maximum Gasteiger partial charge on any atom is 0.0870 e. The van der Waals surface area contributed by atoms with Gasteiger partial charge in [0.15, 0.2) is 0 Å². The van der Waals surface area contributed by atoms with Crippen LogP contribution in [0.3, 0.4) is 0 Å². The second-order valence-electron chi connectivity index (χ2n) is 8.29. The monoisotopic (exact) mass is 376 g/mol. The number of fused-ring (bicyclic) bond motifs is 1. The zero-order chi connectivity index (χ0) is 17.5. The first-order valence-electron chi connectivity index (χ1n) is 10.8. The number of rotatable bonds is 10. The van der Waals surface area contributed by atoms with Crippen LogP contribution in [0.4, 0.5) is 0 Å². The predicted molar refractivity (Wildman–Crippen MR) is 116 cm³/mol. The molecule has 2 aromatic rings. The minimum Gasteiger partial charge on any atom is -0.129 e. The van der Waals surface area contributed by atoms with E-state index in [2.05, 4.69) is 48.7 Å². The standard InChI is InChI=1S/C23H36S2/c1-3-5-8-11-20-17-19-18-21(25-22(19)24-20)12-16-23(13-6-4-2)14-9-7-10-15-23/h17-18H,3-16H2,1-2H3. The van der Waals surface area contributed by atoms with Crippen LogP contribution in [0.25, 0.3) is 9.40 Å². The van der Waals surface area contributed by atoms with Crippen LogP contribution in [0.2, 0.25) is 0 Å². The van der Waals surface area contributed by atoms with Gasteiger partial charge in [0.05, 0.1) is 4.01 Å². The normalized spacial score (nSPS) is 17.4. The fourth-order valence-electron chi connectivity index (χ4n) is 4.60. The van der Waals surface area contributed by atoms with Gasteiger partial charge >= 0.3 is 0 Å². The Morgan fingerprint density at radius 2 is 1.48 bits per heavy atom. The lowest BCUT2D eigenvalue weighted by atomic mass is 9.68. The van der Waals surface area contributed by atoms with Gasteiger partial charge in [0.2, 0.25) is 0 Å². The summed E-state index contributed by atoms with van der Waals surface area (Å²) in [5, 5.41) is 1.53. The summed E-state index contributed by atoms with van der Waals surface area (Å²) in [7, 11) is 0. The quantitative estimate of drug-likeness (QED) is 0.363. The first kappa shape index (κ1) is 19.4. The van der Waals surface area contributed by atoms with Crippen LogP contribution < -0.4 is 0 Å². The molecule has 0 bridgehead atoms. The Labute approximate surface area is 163 Å². The molecule has 1 aliphatic rings. The van der Waals surface area contributed by atoms with Gasteiger partial charge in [-0.1, -0.05) is 58.8 Å². The van der Waals surface area contributed by atoms with E-state index in [1.165, 1.54) is 95.3 Å². The Bertz CT molecular complexity index is 596. The molecule has 2 aromatic heterocycles. The van der Waals surface area contributed by atoms with Crippen molar-refractivity contribution >= 4 is 32.1 Å². The molecule has 0 aliphatic heterocycles. The Morgan fingerprint density at radius 3 is 2.12 bits per heavy atom. The van der Waals surface area contributed by atoms with Gasteiger partial charge < -0.3 is 0 Å². The number of thiophene rings is 2. The van der Waals surface area contributed by atoms with Crippen molar-refractivity contribution in [3.05, 3.63) is 21.9 Å². The van der Waals surface area contributed by atoms with Crippen molar-refractivity contribution in [3.8, 4) is 0 Å². The Hall–Kier alpha value is -0.340. The third kappa shape index (κ3) is 5.32. The first-order valence-corrected chi connectivity index (χ1v) is 12.4. The van der Waals surface area contributed by atoms with Crippen LogP contribution in [0.5, 0.6) is 0 Å². The number of hydrogen-bond donors (Lipinski definition) is 0. The van der Waals surface area contributed by atoms with E-state index < -0.39 is 0 Å². The van der Waals surface area contributed by atoms with Gasteiger partial charge in [-0.15, -0.1) is 22.7 Å². The molecule has 1 saturated carbocycles. The summed E-state index contributed by atoms with van der Waals surface area (Å²) in [6.45, 7) is 4.64. The zero-order valence-corrected chi connectivity index (χ0v) is 18.0. The number of aryl methyl sites for hydroxylation is 2. The van der Waals surface area contributed by atoms with E-state index in [-0.39, 0.29) is 0 Å². The van der Waals surface area contributed by atoms with E-state index >= 15 is 0 Å². The van der Waals surface area contributed by atoms with Gasteiger partial charge in [0.1, 0.15) is 0 Å². The largest absolute Gasteiger partial charge is 0.129 e. The van der Waals surface area contributed by atoms with Crippen molar-refractivity contribution in [1.29, 1.82) is 0 Å². The minimum atomic E-state index is 0.678. The average molecular weight is 377 g/mol.